The van der Waals surface area contributed by atoms with E-state index in [1.54, 1.807) is 0 Å². The first-order valence-electron chi connectivity index (χ1n) is 6.42. The highest BCUT2D eigenvalue weighted by Gasteiger charge is 2.28. The highest BCUT2D eigenvalue weighted by Crippen LogP contribution is 2.36. The molecule has 1 atom stereocenters. The van der Waals surface area contributed by atoms with Crippen LogP contribution in [0.2, 0.25) is 0 Å². The van der Waals surface area contributed by atoms with E-state index in [-0.39, 0.29) is 5.92 Å². The molecule has 1 aromatic carbocycles. The molecule has 8 heteroatoms. The molecule has 1 aliphatic rings. The highest BCUT2D eigenvalue weighted by atomic mass is 35.7. The van der Waals surface area contributed by atoms with E-state index in [1.165, 1.54) is 0 Å². The van der Waals surface area contributed by atoms with Gasteiger partial charge in [-0.05, 0) is 30.7 Å². The number of carbonyl (C=O) groups excluding carboxylic acids is 1. The number of hydrogen-bond acceptors (Lipinski definition) is 3. The normalized spacial score (nSPS) is 16.6. The monoisotopic (exact) mass is 337 g/mol. The van der Waals surface area contributed by atoms with Gasteiger partial charge in [-0.25, -0.2) is 17.2 Å². The Kier molecular flexibility index (Phi) is 4.53. The lowest BCUT2D eigenvalue weighted by Gasteiger charge is -2.12. The van der Waals surface area contributed by atoms with Crippen LogP contribution in [0.4, 0.5) is 8.78 Å². The number of hydrogen-bond donors (Lipinski definition) is 1. The summed E-state index contributed by atoms with van der Waals surface area (Å²) in [6.45, 7) is 2.32. The van der Waals surface area contributed by atoms with E-state index in [1.807, 2.05) is 6.92 Å². The molecule has 0 heterocycles. The van der Waals surface area contributed by atoms with Crippen molar-refractivity contribution in [1.82, 2.24) is 5.32 Å². The van der Waals surface area contributed by atoms with E-state index in [0.717, 1.165) is 12.8 Å². The van der Waals surface area contributed by atoms with Crippen LogP contribution in [0.5, 0.6) is 0 Å². The average molecular weight is 338 g/mol. The second-order valence-electron chi connectivity index (χ2n) is 5.23. The van der Waals surface area contributed by atoms with Crippen molar-refractivity contribution in [2.45, 2.75) is 24.7 Å². The summed E-state index contributed by atoms with van der Waals surface area (Å²) in [5, 5.41) is 2.52. The smallest absolute Gasteiger partial charge is 0.264 e. The Balaban J connectivity index is 2.19. The molecular formula is C13H14ClF2NO3S. The fraction of sp³-hybridized carbons (Fsp3) is 0.462. The Morgan fingerprint density at radius 3 is 2.52 bits per heavy atom. The van der Waals surface area contributed by atoms with Crippen LogP contribution < -0.4 is 5.32 Å². The van der Waals surface area contributed by atoms with Crippen LogP contribution in [-0.4, -0.2) is 20.9 Å². The molecule has 4 nitrogen and oxygen atoms in total. The zero-order valence-electron chi connectivity index (χ0n) is 11.2. The summed E-state index contributed by atoms with van der Waals surface area (Å²) in [5.74, 6) is -2.43. The second-order valence-corrected chi connectivity index (χ2v) is 7.76. The van der Waals surface area contributed by atoms with Gasteiger partial charge in [0.15, 0.2) is 0 Å². The van der Waals surface area contributed by atoms with Gasteiger partial charge in [-0.15, -0.1) is 0 Å². The van der Waals surface area contributed by atoms with Gasteiger partial charge in [0.05, 0.1) is 5.56 Å². The molecule has 1 aliphatic carbocycles. The summed E-state index contributed by atoms with van der Waals surface area (Å²) >= 11 is 0. The minimum absolute atomic E-state index is 0.258. The Morgan fingerprint density at radius 1 is 1.38 bits per heavy atom. The molecule has 0 spiro atoms. The second kappa shape index (κ2) is 5.88. The van der Waals surface area contributed by atoms with E-state index in [0.29, 0.717) is 24.6 Å². The summed E-state index contributed by atoms with van der Waals surface area (Å²) in [4.78, 5) is 11.0. The Bertz CT molecular complexity index is 674. The number of nitrogens with one attached hydrogen (secondary N) is 1. The maximum Gasteiger partial charge on any atom is 0.264 e. The van der Waals surface area contributed by atoms with E-state index < -0.39 is 37.1 Å². The molecule has 21 heavy (non-hydrogen) atoms. The van der Waals surface area contributed by atoms with Gasteiger partial charge in [-0.2, -0.15) is 0 Å². The quantitative estimate of drug-likeness (QED) is 0.840. The van der Waals surface area contributed by atoms with Crippen molar-refractivity contribution in [2.75, 3.05) is 6.54 Å². The molecule has 0 radical (unpaired) electrons. The van der Waals surface area contributed by atoms with Crippen LogP contribution in [-0.2, 0) is 9.05 Å². The maximum absolute atomic E-state index is 13.6. The van der Waals surface area contributed by atoms with Crippen molar-refractivity contribution in [1.29, 1.82) is 0 Å². The van der Waals surface area contributed by atoms with Crippen molar-refractivity contribution < 1.29 is 22.0 Å². The van der Waals surface area contributed by atoms with Crippen LogP contribution >= 0.6 is 10.7 Å². The topological polar surface area (TPSA) is 63.2 Å². The molecule has 1 fully saturated rings. The third-order valence-corrected chi connectivity index (χ3v) is 4.88. The molecule has 0 bridgehead atoms. The molecule has 0 aliphatic heterocycles. The molecule has 0 aromatic heterocycles. The van der Waals surface area contributed by atoms with Crippen LogP contribution in [0.25, 0.3) is 0 Å². The minimum Gasteiger partial charge on any atom is -0.352 e. The Labute approximate surface area is 125 Å². The van der Waals surface area contributed by atoms with Gasteiger partial charge in [-0.3, -0.25) is 4.79 Å². The van der Waals surface area contributed by atoms with E-state index in [4.69, 9.17) is 10.7 Å². The lowest BCUT2D eigenvalue weighted by Crippen LogP contribution is -2.30. The summed E-state index contributed by atoms with van der Waals surface area (Å²) in [5.41, 5.74) is -0.543. The zero-order valence-corrected chi connectivity index (χ0v) is 12.8. The third kappa shape index (κ3) is 3.91. The fourth-order valence-electron chi connectivity index (χ4n) is 2.07. The number of rotatable bonds is 5. The van der Waals surface area contributed by atoms with Crippen molar-refractivity contribution in [3.05, 3.63) is 29.3 Å². The lowest BCUT2D eigenvalue weighted by atomic mass is 10.1. The molecule has 2 rings (SSSR count). The molecular weight excluding hydrogens is 324 g/mol. The number of halogens is 3. The first-order valence-corrected chi connectivity index (χ1v) is 8.73. The predicted octanol–water partition coefficient (Wildman–Crippen LogP) is 2.67. The largest absolute Gasteiger partial charge is 0.352 e. The lowest BCUT2D eigenvalue weighted by molar-refractivity contribution is 0.0942. The van der Waals surface area contributed by atoms with Crippen LogP contribution in [0.3, 0.4) is 0 Å². The van der Waals surface area contributed by atoms with E-state index >= 15 is 0 Å². The Hall–Kier alpha value is -1.21. The highest BCUT2D eigenvalue weighted by molar-refractivity contribution is 8.13. The van der Waals surface area contributed by atoms with Crippen LogP contribution in [0, 0.1) is 23.5 Å². The summed E-state index contributed by atoms with van der Waals surface area (Å²) in [7, 11) is 0.658. The predicted molar refractivity (Wildman–Crippen MR) is 73.6 cm³/mol. The maximum atomic E-state index is 13.6. The van der Waals surface area contributed by atoms with Gasteiger partial charge >= 0.3 is 0 Å². The first kappa shape index (κ1) is 16.2. The van der Waals surface area contributed by atoms with Gasteiger partial charge in [0.25, 0.3) is 15.0 Å². The van der Waals surface area contributed by atoms with Crippen molar-refractivity contribution in [3.8, 4) is 0 Å². The molecule has 116 valence electrons. The molecule has 1 N–H and O–H groups in total. The Morgan fingerprint density at radius 2 is 2.00 bits per heavy atom. The fourth-order valence-corrected chi connectivity index (χ4v) is 2.98. The van der Waals surface area contributed by atoms with Crippen LogP contribution in [0.15, 0.2) is 17.0 Å². The van der Waals surface area contributed by atoms with Gasteiger partial charge in [0, 0.05) is 23.3 Å². The van der Waals surface area contributed by atoms with Gasteiger partial charge in [0.2, 0.25) is 0 Å². The van der Waals surface area contributed by atoms with Crippen molar-refractivity contribution in [2.24, 2.45) is 11.8 Å². The molecule has 1 saturated carbocycles. The first-order chi connectivity index (χ1) is 9.70. The zero-order chi connectivity index (χ0) is 15.8. The van der Waals surface area contributed by atoms with Gasteiger partial charge in [0.1, 0.15) is 16.5 Å². The van der Waals surface area contributed by atoms with Gasteiger partial charge < -0.3 is 5.32 Å². The van der Waals surface area contributed by atoms with Crippen LogP contribution in [0.1, 0.15) is 30.1 Å². The SMILES string of the molecule is CC(CNC(=O)c1cc(S(=O)(=O)Cl)c(F)cc1F)C1CC1. The summed E-state index contributed by atoms with van der Waals surface area (Å²) < 4.78 is 49.4. The van der Waals surface area contributed by atoms with E-state index in [9.17, 15) is 22.0 Å². The van der Waals surface area contributed by atoms with Crippen molar-refractivity contribution in [3.63, 3.8) is 0 Å². The number of benzene rings is 1. The van der Waals surface area contributed by atoms with Crippen molar-refractivity contribution >= 4 is 25.6 Å². The molecule has 1 aromatic rings. The van der Waals surface area contributed by atoms with E-state index in [2.05, 4.69) is 5.32 Å². The summed E-state index contributed by atoms with van der Waals surface area (Å²) in [6.07, 6.45) is 2.22. The van der Waals surface area contributed by atoms with Gasteiger partial charge in [-0.1, -0.05) is 6.92 Å². The minimum atomic E-state index is -4.39. The molecule has 0 saturated heterocycles. The number of amides is 1. The standard InChI is InChI=1S/C13H14ClF2NO3S/c1-7(8-2-3-8)6-17-13(18)9-4-12(21(14,19)20)11(16)5-10(9)15/h4-5,7-8H,2-3,6H2,1H3,(H,17,18). The molecule has 1 amide bonds. The number of carbonyl (C=O) groups is 1. The average Bonchev–Trinajstić information content (AvgIpc) is 3.18. The molecule has 1 unspecified atom stereocenters. The third-order valence-electron chi connectivity index (χ3n) is 3.54. The summed E-state index contributed by atoms with van der Waals surface area (Å²) in [6, 6.07) is 0.957.